The average Bonchev–Trinajstić information content (AvgIpc) is 2.67. The second-order valence-electron chi connectivity index (χ2n) is 8.03. The van der Waals surface area contributed by atoms with Gasteiger partial charge in [0, 0.05) is 31.8 Å². The lowest BCUT2D eigenvalue weighted by molar-refractivity contribution is -0.120. The monoisotopic (exact) mass is 430 g/mol. The Kier molecular flexibility index (Phi) is 6.95. The average molecular weight is 431 g/mol. The number of carbonyl (C=O) groups excluding carboxylic acids is 1. The lowest BCUT2D eigenvalue weighted by atomic mass is 9.97. The van der Waals surface area contributed by atoms with Gasteiger partial charge < -0.3 is 10.1 Å². The molecule has 1 N–H and O–H groups in total. The Labute approximate surface area is 179 Å². The first kappa shape index (κ1) is 22.5. The summed E-state index contributed by atoms with van der Waals surface area (Å²) in [7, 11) is -1.94. The molecule has 0 radical (unpaired) electrons. The number of hydrogen-bond donors (Lipinski definition) is 1. The minimum Gasteiger partial charge on any atom is -0.380 e. The molecule has 162 valence electrons. The molecule has 6 nitrogen and oxygen atoms in total. The molecule has 0 aliphatic carbocycles. The highest BCUT2D eigenvalue weighted by atomic mass is 32.2. The molecule has 0 spiro atoms. The van der Waals surface area contributed by atoms with E-state index in [0.29, 0.717) is 37.4 Å². The maximum Gasteiger partial charge on any atom is 0.243 e. The summed E-state index contributed by atoms with van der Waals surface area (Å²) < 4.78 is 33.1. The second kappa shape index (κ2) is 9.29. The largest absolute Gasteiger partial charge is 0.380 e. The van der Waals surface area contributed by atoms with Crippen molar-refractivity contribution >= 4 is 21.6 Å². The fourth-order valence-corrected chi connectivity index (χ4v) is 6.09. The van der Waals surface area contributed by atoms with Gasteiger partial charge in [0.15, 0.2) is 0 Å². The van der Waals surface area contributed by atoms with Gasteiger partial charge in [-0.25, -0.2) is 8.42 Å². The van der Waals surface area contributed by atoms with E-state index in [4.69, 9.17) is 4.74 Å². The van der Waals surface area contributed by atoms with Crippen molar-refractivity contribution in [2.24, 2.45) is 5.92 Å². The normalized spacial score (nSPS) is 15.9. The van der Waals surface area contributed by atoms with E-state index in [2.05, 4.69) is 5.32 Å². The Balaban J connectivity index is 1.66. The van der Waals surface area contributed by atoms with Gasteiger partial charge >= 0.3 is 0 Å². The van der Waals surface area contributed by atoms with Crippen LogP contribution in [0.4, 0.5) is 5.69 Å². The molecule has 0 saturated carbocycles. The fourth-order valence-electron chi connectivity index (χ4n) is 4.21. The van der Waals surface area contributed by atoms with E-state index in [1.165, 1.54) is 4.31 Å². The van der Waals surface area contributed by atoms with Crippen molar-refractivity contribution in [3.05, 3.63) is 58.7 Å². The van der Waals surface area contributed by atoms with E-state index < -0.39 is 10.0 Å². The van der Waals surface area contributed by atoms with E-state index in [9.17, 15) is 13.2 Å². The molecule has 0 bridgehead atoms. The highest BCUT2D eigenvalue weighted by Gasteiger charge is 2.33. The van der Waals surface area contributed by atoms with Crippen molar-refractivity contribution in [1.82, 2.24) is 4.31 Å². The molecule has 1 aliphatic heterocycles. The molecule has 0 aromatic heterocycles. The van der Waals surface area contributed by atoms with E-state index in [-0.39, 0.29) is 11.8 Å². The Bertz CT molecular complexity index is 1000. The number of amides is 1. The molecule has 2 aromatic carbocycles. The highest BCUT2D eigenvalue weighted by Crippen LogP contribution is 2.29. The van der Waals surface area contributed by atoms with Gasteiger partial charge in [0.1, 0.15) is 0 Å². The molecule has 0 atom stereocenters. The molecular formula is C23H30N2O4S. The summed E-state index contributed by atoms with van der Waals surface area (Å²) in [6, 6.07) is 11.4. The molecule has 1 heterocycles. The van der Waals surface area contributed by atoms with Crippen LogP contribution in [0.25, 0.3) is 0 Å². The number of sulfonamides is 1. The van der Waals surface area contributed by atoms with Crippen LogP contribution in [-0.2, 0) is 26.2 Å². The number of aryl methyl sites for hydroxylation is 3. The van der Waals surface area contributed by atoms with Crippen LogP contribution in [0.5, 0.6) is 0 Å². The number of ether oxygens (including phenoxy) is 1. The number of nitrogens with zero attached hydrogens (tertiary/aromatic N) is 1. The molecule has 2 aromatic rings. The second-order valence-corrected chi connectivity index (χ2v) is 9.90. The van der Waals surface area contributed by atoms with Gasteiger partial charge in [0.2, 0.25) is 15.9 Å². The third-order valence-electron chi connectivity index (χ3n) is 5.53. The SMILES string of the molecule is COCc1cccc(NC(=O)C2CCN(S(=O)(=O)c3c(C)cc(C)cc3C)CC2)c1. The highest BCUT2D eigenvalue weighted by molar-refractivity contribution is 7.89. The number of carbonyl (C=O) groups is 1. The Morgan fingerprint density at radius 1 is 1.10 bits per heavy atom. The number of piperidine rings is 1. The minimum absolute atomic E-state index is 0.0655. The Morgan fingerprint density at radius 3 is 2.33 bits per heavy atom. The van der Waals surface area contributed by atoms with Gasteiger partial charge in [0.25, 0.3) is 0 Å². The maximum atomic E-state index is 13.2. The molecule has 1 amide bonds. The zero-order valence-electron chi connectivity index (χ0n) is 18.1. The Morgan fingerprint density at radius 2 is 1.73 bits per heavy atom. The van der Waals surface area contributed by atoms with E-state index in [1.54, 1.807) is 7.11 Å². The van der Waals surface area contributed by atoms with Crippen LogP contribution in [0.15, 0.2) is 41.3 Å². The zero-order valence-corrected chi connectivity index (χ0v) is 18.9. The molecule has 1 aliphatic rings. The van der Waals surface area contributed by atoms with Crippen molar-refractivity contribution in [2.45, 2.75) is 45.1 Å². The standard InChI is InChI=1S/C23H30N2O4S/c1-16-12-17(2)22(18(3)13-16)30(27,28)25-10-8-20(9-11-25)23(26)24-21-7-5-6-19(14-21)15-29-4/h5-7,12-14,20H,8-11,15H2,1-4H3,(H,24,26). The maximum absolute atomic E-state index is 13.2. The Hall–Kier alpha value is -2.22. The van der Waals surface area contributed by atoms with Gasteiger partial charge in [0.05, 0.1) is 11.5 Å². The summed E-state index contributed by atoms with van der Waals surface area (Å²) in [6.45, 7) is 6.81. The van der Waals surface area contributed by atoms with Crippen LogP contribution in [0.2, 0.25) is 0 Å². The van der Waals surface area contributed by atoms with E-state index >= 15 is 0 Å². The molecule has 1 fully saturated rings. The summed E-state index contributed by atoms with van der Waals surface area (Å²) >= 11 is 0. The summed E-state index contributed by atoms with van der Waals surface area (Å²) in [6.07, 6.45) is 1.01. The minimum atomic E-state index is -3.57. The van der Waals surface area contributed by atoms with Gasteiger partial charge in [-0.3, -0.25) is 4.79 Å². The number of methoxy groups -OCH3 is 1. The van der Waals surface area contributed by atoms with Crippen molar-refractivity contribution < 1.29 is 17.9 Å². The van der Waals surface area contributed by atoms with Gasteiger partial charge in [-0.2, -0.15) is 4.31 Å². The fraction of sp³-hybridized carbons (Fsp3) is 0.435. The molecule has 0 unspecified atom stereocenters. The lowest BCUT2D eigenvalue weighted by Gasteiger charge is -2.31. The molecule has 1 saturated heterocycles. The van der Waals surface area contributed by atoms with Crippen molar-refractivity contribution in [3.63, 3.8) is 0 Å². The quantitative estimate of drug-likeness (QED) is 0.756. The van der Waals surface area contributed by atoms with Crippen molar-refractivity contribution in [2.75, 3.05) is 25.5 Å². The third kappa shape index (κ3) is 4.91. The number of hydrogen-bond acceptors (Lipinski definition) is 4. The summed E-state index contributed by atoms with van der Waals surface area (Å²) in [4.78, 5) is 13.1. The number of nitrogens with one attached hydrogen (secondary N) is 1. The van der Waals surface area contributed by atoms with Crippen molar-refractivity contribution in [1.29, 1.82) is 0 Å². The zero-order chi connectivity index (χ0) is 21.9. The summed E-state index contributed by atoms with van der Waals surface area (Å²) in [5.41, 5.74) is 4.30. The smallest absolute Gasteiger partial charge is 0.243 e. The predicted octanol–water partition coefficient (Wildman–Crippen LogP) is 3.80. The first-order valence-electron chi connectivity index (χ1n) is 10.2. The number of rotatable bonds is 6. The van der Waals surface area contributed by atoms with Crippen LogP contribution < -0.4 is 5.32 Å². The van der Waals surface area contributed by atoms with Gasteiger partial charge in [-0.05, 0) is 62.4 Å². The topological polar surface area (TPSA) is 75.7 Å². The first-order valence-corrected chi connectivity index (χ1v) is 11.6. The van der Waals surface area contributed by atoms with Crippen molar-refractivity contribution in [3.8, 4) is 0 Å². The molecule has 3 rings (SSSR count). The third-order valence-corrected chi connectivity index (χ3v) is 7.74. The molecular weight excluding hydrogens is 400 g/mol. The number of benzene rings is 2. The summed E-state index contributed by atoms with van der Waals surface area (Å²) in [5, 5.41) is 2.96. The number of anilines is 1. The van der Waals surface area contributed by atoms with Crippen LogP contribution in [0, 0.1) is 26.7 Å². The van der Waals surface area contributed by atoms with Gasteiger partial charge in [-0.15, -0.1) is 0 Å². The van der Waals surface area contributed by atoms with E-state index in [1.807, 2.05) is 57.2 Å². The van der Waals surface area contributed by atoms with Crippen LogP contribution in [0.3, 0.4) is 0 Å². The van der Waals surface area contributed by atoms with Gasteiger partial charge in [-0.1, -0.05) is 29.8 Å². The lowest BCUT2D eigenvalue weighted by Crippen LogP contribution is -2.41. The van der Waals surface area contributed by atoms with Crippen LogP contribution in [-0.4, -0.2) is 38.8 Å². The van der Waals surface area contributed by atoms with Crippen LogP contribution in [0.1, 0.15) is 35.1 Å². The molecule has 30 heavy (non-hydrogen) atoms. The molecule has 7 heteroatoms. The predicted molar refractivity (Wildman–Crippen MR) is 118 cm³/mol. The first-order chi connectivity index (χ1) is 14.2. The van der Waals surface area contributed by atoms with Crippen LogP contribution >= 0.6 is 0 Å². The van der Waals surface area contributed by atoms with E-state index in [0.717, 1.165) is 27.9 Å². The summed E-state index contributed by atoms with van der Waals surface area (Å²) in [5.74, 6) is -0.271.